The van der Waals surface area contributed by atoms with Gasteiger partial charge in [-0.25, -0.2) is 0 Å². The zero-order valence-corrected chi connectivity index (χ0v) is 11.8. The summed E-state index contributed by atoms with van der Waals surface area (Å²) in [4.78, 5) is 10.2. The molecular formula is C14H15ClN2O3. The number of nitrogens with zero attached hydrogens (tertiary/aromatic N) is 1. The lowest BCUT2D eigenvalue weighted by molar-refractivity contribution is -0.384. The first kappa shape index (κ1) is 14.6. The van der Waals surface area contributed by atoms with E-state index >= 15 is 0 Å². The first-order chi connectivity index (χ1) is 9.60. The largest absolute Gasteiger partial charge is 0.448 e. The van der Waals surface area contributed by atoms with Crippen LogP contribution in [0.2, 0.25) is 5.22 Å². The van der Waals surface area contributed by atoms with E-state index in [0.29, 0.717) is 11.6 Å². The normalized spacial score (nSPS) is 12.3. The predicted octanol–water partition coefficient (Wildman–Crippen LogP) is 3.73. The van der Waals surface area contributed by atoms with Crippen molar-refractivity contribution in [3.63, 3.8) is 0 Å². The Morgan fingerprint density at radius 3 is 2.50 bits per heavy atom. The zero-order valence-electron chi connectivity index (χ0n) is 11.0. The second-order valence-corrected chi connectivity index (χ2v) is 4.75. The minimum absolute atomic E-state index is 0.00560. The van der Waals surface area contributed by atoms with Crippen LogP contribution in [-0.2, 0) is 6.42 Å². The lowest BCUT2D eigenvalue weighted by Gasteiger charge is -2.15. The summed E-state index contributed by atoms with van der Waals surface area (Å²) in [5, 5.41) is 14.3. The molecule has 0 bridgehead atoms. The molecule has 1 heterocycles. The van der Waals surface area contributed by atoms with Gasteiger partial charge in [0.05, 0.1) is 11.0 Å². The molecule has 0 aliphatic carbocycles. The van der Waals surface area contributed by atoms with Gasteiger partial charge in [-0.3, -0.25) is 10.1 Å². The van der Waals surface area contributed by atoms with Gasteiger partial charge in [0, 0.05) is 12.1 Å². The molecule has 0 saturated carbocycles. The van der Waals surface area contributed by atoms with Crippen molar-refractivity contribution < 1.29 is 9.34 Å². The fourth-order valence-corrected chi connectivity index (χ4v) is 2.18. The first-order valence-corrected chi connectivity index (χ1v) is 6.70. The number of furan rings is 1. The van der Waals surface area contributed by atoms with E-state index in [-0.39, 0.29) is 11.7 Å². The highest BCUT2D eigenvalue weighted by Crippen LogP contribution is 2.24. The van der Waals surface area contributed by atoms with Crippen molar-refractivity contribution in [3.8, 4) is 0 Å². The van der Waals surface area contributed by atoms with Crippen molar-refractivity contribution in [1.29, 1.82) is 0 Å². The number of rotatable bonds is 6. The fraction of sp³-hybridized carbons (Fsp3) is 0.286. The second kappa shape index (κ2) is 6.54. The number of hydrogen-bond acceptors (Lipinski definition) is 4. The van der Waals surface area contributed by atoms with Crippen LogP contribution in [0, 0.1) is 10.1 Å². The summed E-state index contributed by atoms with van der Waals surface area (Å²) >= 11 is 5.79. The van der Waals surface area contributed by atoms with Gasteiger partial charge < -0.3 is 9.73 Å². The average Bonchev–Trinajstić information content (AvgIpc) is 2.85. The molecule has 2 aromatic rings. The Balaban J connectivity index is 2.13. The topological polar surface area (TPSA) is 68.3 Å². The summed E-state index contributed by atoms with van der Waals surface area (Å²) in [6.07, 6.45) is 0.676. The smallest absolute Gasteiger partial charge is 0.269 e. The van der Waals surface area contributed by atoms with Crippen LogP contribution in [0.25, 0.3) is 0 Å². The van der Waals surface area contributed by atoms with E-state index in [4.69, 9.17) is 16.0 Å². The van der Waals surface area contributed by atoms with Gasteiger partial charge in [-0.1, -0.05) is 19.1 Å². The summed E-state index contributed by atoms with van der Waals surface area (Å²) in [5.74, 6) is 0.759. The summed E-state index contributed by atoms with van der Waals surface area (Å²) in [6, 6.07) is 10.1. The minimum atomic E-state index is -0.405. The Bertz CT molecular complexity index is 580. The van der Waals surface area contributed by atoms with Crippen LogP contribution < -0.4 is 5.32 Å². The zero-order chi connectivity index (χ0) is 14.5. The molecule has 6 heteroatoms. The number of benzene rings is 1. The molecule has 0 aliphatic rings. The Hall–Kier alpha value is -1.85. The summed E-state index contributed by atoms with van der Waals surface area (Å²) in [7, 11) is 0. The third kappa shape index (κ3) is 3.59. The molecule has 0 radical (unpaired) electrons. The number of hydrogen-bond donors (Lipinski definition) is 1. The van der Waals surface area contributed by atoms with Gasteiger partial charge in [0.15, 0.2) is 5.22 Å². The molecular weight excluding hydrogens is 280 g/mol. The van der Waals surface area contributed by atoms with Crippen LogP contribution in [0.15, 0.2) is 40.8 Å². The molecule has 0 amide bonds. The molecule has 20 heavy (non-hydrogen) atoms. The Morgan fingerprint density at radius 2 is 2.00 bits per heavy atom. The van der Waals surface area contributed by atoms with Crippen molar-refractivity contribution in [2.24, 2.45) is 0 Å². The highest BCUT2D eigenvalue weighted by molar-refractivity contribution is 6.28. The van der Waals surface area contributed by atoms with Crippen LogP contribution >= 0.6 is 11.6 Å². The lowest BCUT2D eigenvalue weighted by Crippen LogP contribution is -2.22. The highest BCUT2D eigenvalue weighted by atomic mass is 35.5. The van der Waals surface area contributed by atoms with Crippen molar-refractivity contribution >= 4 is 17.3 Å². The molecule has 0 saturated heterocycles. The molecule has 1 N–H and O–H groups in total. The van der Waals surface area contributed by atoms with Crippen molar-refractivity contribution in [2.45, 2.75) is 19.4 Å². The Morgan fingerprint density at radius 1 is 1.30 bits per heavy atom. The number of halogens is 1. The van der Waals surface area contributed by atoms with E-state index < -0.39 is 4.92 Å². The van der Waals surface area contributed by atoms with Gasteiger partial charge in [0.2, 0.25) is 0 Å². The maximum absolute atomic E-state index is 10.6. The summed E-state index contributed by atoms with van der Waals surface area (Å²) in [6.45, 7) is 2.79. The van der Waals surface area contributed by atoms with E-state index in [1.165, 1.54) is 12.1 Å². The standard InChI is InChI=1S/C14H15ClN2O3/c1-2-16-12(13-7-8-14(15)20-13)9-10-3-5-11(6-4-10)17(18)19/h3-8,12,16H,2,9H2,1H3. The van der Waals surface area contributed by atoms with E-state index in [1.54, 1.807) is 18.2 Å². The molecule has 106 valence electrons. The molecule has 1 unspecified atom stereocenters. The Kier molecular flexibility index (Phi) is 4.76. The maximum Gasteiger partial charge on any atom is 0.269 e. The van der Waals surface area contributed by atoms with Crippen molar-refractivity contribution in [2.75, 3.05) is 6.54 Å². The fourth-order valence-electron chi connectivity index (χ4n) is 2.02. The average molecular weight is 295 g/mol. The van der Waals surface area contributed by atoms with E-state index in [0.717, 1.165) is 17.9 Å². The van der Waals surface area contributed by atoms with Crippen molar-refractivity contribution in [3.05, 3.63) is 63.1 Å². The maximum atomic E-state index is 10.6. The predicted molar refractivity (Wildman–Crippen MR) is 76.9 cm³/mol. The number of nitro benzene ring substituents is 1. The van der Waals surface area contributed by atoms with Crippen molar-refractivity contribution in [1.82, 2.24) is 5.32 Å². The second-order valence-electron chi connectivity index (χ2n) is 4.38. The van der Waals surface area contributed by atoms with Crippen LogP contribution in [0.4, 0.5) is 5.69 Å². The first-order valence-electron chi connectivity index (χ1n) is 6.32. The Labute approximate surface area is 121 Å². The molecule has 1 atom stereocenters. The third-order valence-corrected chi connectivity index (χ3v) is 3.18. The summed E-state index contributed by atoms with van der Waals surface area (Å²) < 4.78 is 5.43. The monoisotopic (exact) mass is 294 g/mol. The summed E-state index contributed by atoms with van der Waals surface area (Å²) in [5.41, 5.74) is 1.09. The highest BCUT2D eigenvalue weighted by Gasteiger charge is 2.15. The van der Waals surface area contributed by atoms with E-state index in [9.17, 15) is 10.1 Å². The quantitative estimate of drug-likeness (QED) is 0.651. The van der Waals surface area contributed by atoms with E-state index in [1.807, 2.05) is 13.0 Å². The van der Waals surface area contributed by atoms with Gasteiger partial charge >= 0.3 is 0 Å². The van der Waals surface area contributed by atoms with E-state index in [2.05, 4.69) is 5.32 Å². The third-order valence-electron chi connectivity index (χ3n) is 2.97. The lowest BCUT2D eigenvalue weighted by atomic mass is 10.0. The SMILES string of the molecule is CCNC(Cc1ccc([N+](=O)[O-])cc1)c1ccc(Cl)o1. The number of nitro groups is 1. The minimum Gasteiger partial charge on any atom is -0.448 e. The molecule has 0 aliphatic heterocycles. The number of non-ortho nitro benzene ring substituents is 1. The van der Waals surface area contributed by atoms with Crippen LogP contribution in [-0.4, -0.2) is 11.5 Å². The number of likely N-dealkylation sites (N-methyl/N-ethyl adjacent to an activating group) is 1. The molecule has 1 aromatic carbocycles. The van der Waals surface area contributed by atoms with Crippen LogP contribution in [0.3, 0.4) is 0 Å². The number of nitrogens with one attached hydrogen (secondary N) is 1. The van der Waals surface area contributed by atoms with Crippen LogP contribution in [0.1, 0.15) is 24.3 Å². The van der Waals surface area contributed by atoms with Gasteiger partial charge in [-0.15, -0.1) is 0 Å². The molecule has 5 nitrogen and oxygen atoms in total. The van der Waals surface area contributed by atoms with Gasteiger partial charge in [-0.2, -0.15) is 0 Å². The van der Waals surface area contributed by atoms with Gasteiger partial charge in [0.25, 0.3) is 5.69 Å². The van der Waals surface area contributed by atoms with Crippen LogP contribution in [0.5, 0.6) is 0 Å². The molecule has 0 fully saturated rings. The van der Waals surface area contributed by atoms with Gasteiger partial charge in [0.1, 0.15) is 5.76 Å². The van der Waals surface area contributed by atoms with Gasteiger partial charge in [-0.05, 0) is 42.3 Å². The molecule has 1 aromatic heterocycles. The molecule has 0 spiro atoms. The molecule has 2 rings (SSSR count).